The molecule has 0 bridgehead atoms. The lowest BCUT2D eigenvalue weighted by atomic mass is 10.1. The predicted molar refractivity (Wildman–Crippen MR) is 79.7 cm³/mol. The van der Waals surface area contributed by atoms with Gasteiger partial charge in [-0.05, 0) is 37.5 Å². The lowest BCUT2D eigenvalue weighted by Crippen LogP contribution is -2.08. The van der Waals surface area contributed by atoms with Crippen LogP contribution >= 0.6 is 0 Å². The van der Waals surface area contributed by atoms with Gasteiger partial charge in [0.25, 0.3) is 0 Å². The predicted octanol–water partition coefficient (Wildman–Crippen LogP) is 2.17. The molecule has 2 rings (SSSR count). The fourth-order valence-electron chi connectivity index (χ4n) is 2.07. The van der Waals surface area contributed by atoms with Gasteiger partial charge in [0.15, 0.2) is 9.84 Å². The van der Waals surface area contributed by atoms with Crippen LogP contribution in [0.4, 0.5) is 5.69 Å². The highest BCUT2D eigenvalue weighted by Gasteiger charge is 2.11. The highest BCUT2D eigenvalue weighted by atomic mass is 32.2. The van der Waals surface area contributed by atoms with Crippen molar-refractivity contribution in [2.45, 2.75) is 24.7 Å². The van der Waals surface area contributed by atoms with Crippen LogP contribution in [-0.4, -0.2) is 31.4 Å². The van der Waals surface area contributed by atoms with E-state index < -0.39 is 9.84 Å². The summed E-state index contributed by atoms with van der Waals surface area (Å²) >= 11 is 0. The number of para-hydroxylation sites is 1. The van der Waals surface area contributed by atoms with E-state index in [4.69, 9.17) is 0 Å². The zero-order chi connectivity index (χ0) is 14.6. The second-order valence-electron chi connectivity index (χ2n) is 4.82. The van der Waals surface area contributed by atoms with Crippen LogP contribution in [0, 0.1) is 6.92 Å². The fraction of sp³-hybridized carbons (Fsp3) is 0.357. The number of aryl methyl sites for hydroxylation is 2. The van der Waals surface area contributed by atoms with Crippen LogP contribution in [0.15, 0.2) is 35.4 Å². The van der Waals surface area contributed by atoms with Crippen LogP contribution in [0.25, 0.3) is 0 Å². The van der Waals surface area contributed by atoms with Gasteiger partial charge in [0.05, 0.1) is 16.8 Å². The zero-order valence-electron chi connectivity index (χ0n) is 11.7. The Balaban J connectivity index is 1.94. The van der Waals surface area contributed by atoms with Gasteiger partial charge in [0, 0.05) is 18.5 Å². The van der Waals surface area contributed by atoms with Crippen LogP contribution in [0.2, 0.25) is 0 Å². The molecule has 20 heavy (non-hydrogen) atoms. The van der Waals surface area contributed by atoms with E-state index in [9.17, 15) is 8.42 Å². The third-order valence-electron chi connectivity index (χ3n) is 3.16. The fourth-order valence-corrected chi connectivity index (χ4v) is 2.93. The van der Waals surface area contributed by atoms with Crippen molar-refractivity contribution in [2.75, 3.05) is 18.1 Å². The molecule has 2 N–H and O–H groups in total. The Kier molecular flexibility index (Phi) is 4.44. The molecule has 0 aliphatic heterocycles. The standard InChI is InChI=1S/C14H19N3O2S/c1-11-12(10-16-17-11)6-5-9-15-13-7-3-4-8-14(13)20(2,18)19/h3-4,7-8,10,15H,5-6,9H2,1-2H3,(H,16,17). The van der Waals surface area contributed by atoms with Gasteiger partial charge in [0.1, 0.15) is 0 Å². The third kappa shape index (κ3) is 3.60. The summed E-state index contributed by atoms with van der Waals surface area (Å²) in [6, 6.07) is 6.98. The molecule has 108 valence electrons. The molecule has 2 aromatic rings. The van der Waals surface area contributed by atoms with E-state index in [2.05, 4.69) is 15.5 Å². The summed E-state index contributed by atoms with van der Waals surface area (Å²) in [5, 5.41) is 10.1. The first-order valence-electron chi connectivity index (χ1n) is 6.50. The Morgan fingerprint density at radius 1 is 1.30 bits per heavy atom. The largest absolute Gasteiger partial charge is 0.384 e. The first-order chi connectivity index (χ1) is 9.48. The number of nitrogens with one attached hydrogen (secondary N) is 2. The molecule has 1 aromatic heterocycles. The molecule has 0 amide bonds. The van der Waals surface area contributed by atoms with Crippen molar-refractivity contribution < 1.29 is 8.42 Å². The lowest BCUT2D eigenvalue weighted by molar-refractivity contribution is 0.602. The van der Waals surface area contributed by atoms with Gasteiger partial charge in [-0.15, -0.1) is 0 Å². The van der Waals surface area contributed by atoms with Crippen molar-refractivity contribution in [3.05, 3.63) is 41.7 Å². The Labute approximate surface area is 119 Å². The first-order valence-corrected chi connectivity index (χ1v) is 8.39. The van der Waals surface area contributed by atoms with Crippen LogP contribution < -0.4 is 5.32 Å². The highest BCUT2D eigenvalue weighted by Crippen LogP contribution is 2.20. The average Bonchev–Trinajstić information content (AvgIpc) is 2.80. The van der Waals surface area contributed by atoms with E-state index in [1.54, 1.807) is 18.2 Å². The molecular formula is C14H19N3O2S. The van der Waals surface area contributed by atoms with Crippen molar-refractivity contribution in [3.63, 3.8) is 0 Å². The van der Waals surface area contributed by atoms with Gasteiger partial charge in [-0.2, -0.15) is 5.10 Å². The van der Waals surface area contributed by atoms with Gasteiger partial charge in [-0.25, -0.2) is 8.42 Å². The Morgan fingerprint density at radius 2 is 2.05 bits per heavy atom. The minimum absolute atomic E-state index is 0.347. The maximum Gasteiger partial charge on any atom is 0.177 e. The smallest absolute Gasteiger partial charge is 0.177 e. The van der Waals surface area contributed by atoms with E-state index in [1.807, 2.05) is 19.2 Å². The van der Waals surface area contributed by atoms with E-state index in [1.165, 1.54) is 11.8 Å². The van der Waals surface area contributed by atoms with Crippen molar-refractivity contribution in [3.8, 4) is 0 Å². The number of anilines is 1. The number of aromatic amines is 1. The van der Waals surface area contributed by atoms with Crippen LogP contribution in [-0.2, 0) is 16.3 Å². The van der Waals surface area contributed by atoms with Gasteiger partial charge >= 0.3 is 0 Å². The van der Waals surface area contributed by atoms with Gasteiger partial charge in [-0.1, -0.05) is 12.1 Å². The first kappa shape index (κ1) is 14.6. The lowest BCUT2D eigenvalue weighted by Gasteiger charge is -2.10. The summed E-state index contributed by atoms with van der Waals surface area (Å²) in [6.45, 7) is 2.71. The third-order valence-corrected chi connectivity index (χ3v) is 4.31. The SMILES string of the molecule is Cc1[nH]ncc1CCCNc1ccccc1S(C)(=O)=O. The molecular weight excluding hydrogens is 274 g/mol. The number of hydrogen-bond acceptors (Lipinski definition) is 4. The molecule has 0 saturated heterocycles. The van der Waals surface area contributed by atoms with E-state index in [0.717, 1.165) is 25.1 Å². The zero-order valence-corrected chi connectivity index (χ0v) is 12.5. The van der Waals surface area contributed by atoms with Crippen LogP contribution in [0.1, 0.15) is 17.7 Å². The minimum Gasteiger partial charge on any atom is -0.384 e. The average molecular weight is 293 g/mol. The molecule has 5 nitrogen and oxygen atoms in total. The molecule has 0 saturated carbocycles. The molecule has 6 heteroatoms. The number of H-pyrrole nitrogens is 1. The summed E-state index contributed by atoms with van der Waals surface area (Å²) in [7, 11) is -3.20. The molecule has 0 unspecified atom stereocenters. The number of rotatable bonds is 6. The summed E-state index contributed by atoms with van der Waals surface area (Å²) in [6.07, 6.45) is 4.89. The maximum absolute atomic E-state index is 11.7. The minimum atomic E-state index is -3.20. The number of aromatic nitrogens is 2. The summed E-state index contributed by atoms with van der Waals surface area (Å²) in [5.74, 6) is 0. The van der Waals surface area contributed by atoms with Gasteiger partial charge in [-0.3, -0.25) is 5.10 Å². The Hall–Kier alpha value is -1.82. The van der Waals surface area contributed by atoms with E-state index in [0.29, 0.717) is 10.6 Å². The second-order valence-corrected chi connectivity index (χ2v) is 6.80. The number of hydrogen-bond donors (Lipinski definition) is 2. The van der Waals surface area contributed by atoms with Crippen LogP contribution in [0.3, 0.4) is 0 Å². The number of sulfone groups is 1. The van der Waals surface area contributed by atoms with Crippen molar-refractivity contribution in [1.29, 1.82) is 0 Å². The van der Waals surface area contributed by atoms with Gasteiger partial charge < -0.3 is 5.32 Å². The number of nitrogens with zero attached hydrogens (tertiary/aromatic N) is 1. The van der Waals surface area contributed by atoms with Crippen LogP contribution in [0.5, 0.6) is 0 Å². The number of benzene rings is 1. The normalized spacial score (nSPS) is 11.5. The summed E-state index contributed by atoms with van der Waals surface area (Å²) in [4.78, 5) is 0.347. The van der Waals surface area contributed by atoms with Crippen molar-refractivity contribution in [1.82, 2.24) is 10.2 Å². The quantitative estimate of drug-likeness (QED) is 0.800. The Morgan fingerprint density at radius 3 is 2.70 bits per heavy atom. The molecule has 1 aromatic carbocycles. The molecule has 0 fully saturated rings. The molecule has 0 aliphatic carbocycles. The van der Waals surface area contributed by atoms with Crippen molar-refractivity contribution >= 4 is 15.5 Å². The summed E-state index contributed by atoms with van der Waals surface area (Å²) in [5.41, 5.74) is 2.95. The van der Waals surface area contributed by atoms with Gasteiger partial charge in [0.2, 0.25) is 0 Å². The monoisotopic (exact) mass is 293 g/mol. The molecule has 1 heterocycles. The topological polar surface area (TPSA) is 74.8 Å². The summed E-state index contributed by atoms with van der Waals surface area (Å²) < 4.78 is 23.3. The molecule has 0 atom stereocenters. The maximum atomic E-state index is 11.7. The van der Waals surface area contributed by atoms with Crippen molar-refractivity contribution in [2.24, 2.45) is 0 Å². The van der Waals surface area contributed by atoms with E-state index in [-0.39, 0.29) is 0 Å². The van der Waals surface area contributed by atoms with E-state index >= 15 is 0 Å². The molecule has 0 aliphatic rings. The Bertz CT molecular complexity index is 677. The highest BCUT2D eigenvalue weighted by molar-refractivity contribution is 7.90. The second kappa shape index (κ2) is 6.09. The molecule has 0 spiro atoms. The molecule has 0 radical (unpaired) electrons.